The van der Waals surface area contributed by atoms with Crippen LogP contribution in [-0.2, 0) is 6.42 Å². The van der Waals surface area contributed by atoms with Crippen molar-refractivity contribution >= 4 is 16.7 Å². The highest BCUT2D eigenvalue weighted by molar-refractivity contribution is 5.89. The fraction of sp³-hybridized carbons (Fsp3) is 0.419. The van der Waals surface area contributed by atoms with Gasteiger partial charge in [-0.1, -0.05) is 50.8 Å². The van der Waals surface area contributed by atoms with Crippen molar-refractivity contribution in [2.45, 2.75) is 70.8 Å². The molecule has 186 valence electrons. The third kappa shape index (κ3) is 4.15. The zero-order valence-electron chi connectivity index (χ0n) is 21.2. The van der Waals surface area contributed by atoms with Crippen molar-refractivity contribution < 1.29 is 5.11 Å². The number of benzene rings is 2. The lowest BCUT2D eigenvalue weighted by Crippen LogP contribution is -2.22. The van der Waals surface area contributed by atoms with Gasteiger partial charge in [-0.05, 0) is 84.9 Å². The molecule has 2 aliphatic carbocycles. The average Bonchev–Trinajstić information content (AvgIpc) is 3.59. The zero-order valence-corrected chi connectivity index (χ0v) is 21.2. The number of fused-ring (bicyclic) bond motifs is 1. The number of pyridine rings is 1. The third-order valence-corrected chi connectivity index (χ3v) is 8.79. The number of aromatic nitrogens is 3. The molecule has 0 radical (unpaired) electrons. The minimum Gasteiger partial charge on any atom is -0.508 e. The van der Waals surface area contributed by atoms with Crippen LogP contribution < -0.4 is 5.73 Å². The van der Waals surface area contributed by atoms with Gasteiger partial charge in [0.15, 0.2) is 0 Å². The van der Waals surface area contributed by atoms with Gasteiger partial charge in [0, 0.05) is 22.7 Å². The van der Waals surface area contributed by atoms with Crippen LogP contribution >= 0.6 is 0 Å². The quantitative estimate of drug-likeness (QED) is 0.309. The van der Waals surface area contributed by atoms with E-state index in [1.54, 1.807) is 12.1 Å². The Bertz CT molecular complexity index is 1360. The number of phenolic OH excluding ortho intramolecular Hbond substituents is 1. The van der Waals surface area contributed by atoms with Crippen LogP contribution in [0.2, 0.25) is 0 Å². The first kappa shape index (κ1) is 23.1. The van der Waals surface area contributed by atoms with Crippen LogP contribution in [0.25, 0.3) is 33.2 Å². The van der Waals surface area contributed by atoms with Crippen LogP contribution in [0.3, 0.4) is 0 Å². The van der Waals surface area contributed by atoms with E-state index in [9.17, 15) is 5.11 Å². The number of hydrogen-bond acceptors (Lipinski definition) is 4. The fourth-order valence-electron chi connectivity index (χ4n) is 6.89. The predicted octanol–water partition coefficient (Wildman–Crippen LogP) is 7.54. The first-order valence-corrected chi connectivity index (χ1v) is 13.7. The number of anilines is 1. The molecule has 2 saturated carbocycles. The van der Waals surface area contributed by atoms with Gasteiger partial charge in [0.1, 0.15) is 11.6 Å². The summed E-state index contributed by atoms with van der Waals surface area (Å²) in [6.07, 6.45) is 15.8. The minimum atomic E-state index is 0.244. The van der Waals surface area contributed by atoms with E-state index in [-0.39, 0.29) is 5.75 Å². The Morgan fingerprint density at radius 2 is 1.58 bits per heavy atom. The lowest BCUT2D eigenvalue weighted by atomic mass is 9.77. The number of nitrogens with zero attached hydrogens (tertiary/aromatic N) is 3. The molecule has 0 saturated heterocycles. The van der Waals surface area contributed by atoms with Gasteiger partial charge in [-0.25, -0.2) is 4.98 Å². The van der Waals surface area contributed by atoms with Crippen molar-refractivity contribution in [3.8, 4) is 28.0 Å². The van der Waals surface area contributed by atoms with Crippen molar-refractivity contribution in [3.63, 3.8) is 0 Å². The summed E-state index contributed by atoms with van der Waals surface area (Å²) in [5, 5.41) is 15.8. The van der Waals surface area contributed by atoms with Gasteiger partial charge in [0.25, 0.3) is 0 Å². The van der Waals surface area contributed by atoms with Gasteiger partial charge >= 0.3 is 0 Å². The molecule has 2 fully saturated rings. The lowest BCUT2D eigenvalue weighted by Gasteiger charge is -2.32. The van der Waals surface area contributed by atoms with Crippen molar-refractivity contribution in [1.82, 2.24) is 14.8 Å². The molecule has 3 N–H and O–H groups in total. The molecule has 0 spiro atoms. The maximum Gasteiger partial charge on any atom is 0.131 e. The van der Waals surface area contributed by atoms with E-state index in [0.717, 1.165) is 40.5 Å². The molecule has 0 unspecified atom stereocenters. The molecule has 0 atom stereocenters. The molecule has 5 nitrogen and oxygen atoms in total. The Morgan fingerprint density at radius 1 is 0.889 bits per heavy atom. The molecule has 4 aromatic rings. The Balaban J connectivity index is 1.30. The monoisotopic (exact) mass is 480 g/mol. The molecular formula is C31H36N4O. The smallest absolute Gasteiger partial charge is 0.131 e. The summed E-state index contributed by atoms with van der Waals surface area (Å²) in [5.74, 6) is 2.68. The van der Waals surface area contributed by atoms with Gasteiger partial charge in [-0.3, -0.25) is 4.68 Å². The topological polar surface area (TPSA) is 77.0 Å². The highest BCUT2D eigenvalue weighted by atomic mass is 16.3. The normalized spacial score (nSPS) is 20.8. The van der Waals surface area contributed by atoms with Gasteiger partial charge in [-0.15, -0.1) is 0 Å². The van der Waals surface area contributed by atoms with Crippen LogP contribution in [0.5, 0.6) is 5.75 Å². The molecular weight excluding hydrogens is 444 g/mol. The molecule has 2 aromatic carbocycles. The first-order valence-electron chi connectivity index (χ1n) is 13.7. The van der Waals surface area contributed by atoms with Gasteiger partial charge < -0.3 is 10.8 Å². The summed E-state index contributed by atoms with van der Waals surface area (Å²) in [7, 11) is 0. The molecule has 2 aromatic heterocycles. The number of nitrogens with two attached hydrogens (primary N) is 1. The van der Waals surface area contributed by atoms with Crippen LogP contribution in [0, 0.1) is 11.8 Å². The maximum absolute atomic E-state index is 9.74. The summed E-state index contributed by atoms with van der Waals surface area (Å²) < 4.78 is 2.29. The Morgan fingerprint density at radius 3 is 2.31 bits per heavy atom. The summed E-state index contributed by atoms with van der Waals surface area (Å²) in [6, 6.07) is 14.4. The van der Waals surface area contributed by atoms with E-state index in [1.165, 1.54) is 67.8 Å². The highest BCUT2D eigenvalue weighted by Crippen LogP contribution is 2.43. The van der Waals surface area contributed by atoms with Crippen LogP contribution in [-0.4, -0.2) is 19.9 Å². The van der Waals surface area contributed by atoms with E-state index in [1.807, 2.05) is 24.5 Å². The summed E-state index contributed by atoms with van der Waals surface area (Å²) in [5.41, 5.74) is 12.9. The van der Waals surface area contributed by atoms with Gasteiger partial charge in [-0.2, -0.15) is 5.10 Å². The minimum absolute atomic E-state index is 0.244. The molecule has 2 heterocycles. The number of rotatable bonds is 5. The fourth-order valence-corrected chi connectivity index (χ4v) is 6.89. The second kappa shape index (κ2) is 9.61. The molecule has 6 rings (SSSR count). The Labute approximate surface area is 213 Å². The van der Waals surface area contributed by atoms with Crippen molar-refractivity contribution in [2.75, 3.05) is 5.73 Å². The molecule has 5 heteroatoms. The van der Waals surface area contributed by atoms with Crippen LogP contribution in [0.1, 0.15) is 69.9 Å². The van der Waals surface area contributed by atoms with Gasteiger partial charge in [0.2, 0.25) is 0 Å². The number of phenols is 1. The van der Waals surface area contributed by atoms with Crippen molar-refractivity contribution in [2.24, 2.45) is 11.8 Å². The van der Waals surface area contributed by atoms with Crippen LogP contribution in [0.4, 0.5) is 5.82 Å². The number of aromatic hydroxyl groups is 1. The molecule has 0 amide bonds. The van der Waals surface area contributed by atoms with E-state index >= 15 is 0 Å². The van der Waals surface area contributed by atoms with E-state index in [4.69, 9.17) is 10.8 Å². The molecule has 2 aliphatic rings. The largest absolute Gasteiger partial charge is 0.508 e. The standard InChI is InChI=1S/C31H36N4O/c1-2-27-28(19-33-31(32)30(27)22-9-14-26(36)15-10-22)23-11-16-29-24(17-23)18-34-35(29)25-12-7-21(8-13-25)20-5-3-4-6-20/h9-11,14-21,25,36H,2-8,12-13H2,1H3,(H2,32,33). The van der Waals surface area contributed by atoms with Crippen molar-refractivity contribution in [3.05, 3.63) is 60.4 Å². The van der Waals surface area contributed by atoms with E-state index in [0.29, 0.717) is 11.9 Å². The molecule has 36 heavy (non-hydrogen) atoms. The maximum atomic E-state index is 9.74. The zero-order chi connectivity index (χ0) is 24.6. The Kier molecular flexibility index (Phi) is 6.16. The average molecular weight is 481 g/mol. The van der Waals surface area contributed by atoms with Gasteiger partial charge in [0.05, 0.1) is 17.8 Å². The van der Waals surface area contributed by atoms with E-state index < -0.39 is 0 Å². The highest BCUT2D eigenvalue weighted by Gasteiger charge is 2.30. The van der Waals surface area contributed by atoms with Crippen LogP contribution in [0.15, 0.2) is 54.9 Å². The summed E-state index contributed by atoms with van der Waals surface area (Å²) >= 11 is 0. The third-order valence-electron chi connectivity index (χ3n) is 8.79. The lowest BCUT2D eigenvalue weighted by molar-refractivity contribution is 0.203. The Hall–Kier alpha value is -3.34. The second-order valence-electron chi connectivity index (χ2n) is 10.8. The first-order chi connectivity index (χ1) is 17.6. The molecule has 0 aliphatic heterocycles. The molecule has 0 bridgehead atoms. The SMILES string of the molecule is CCc1c(-c2ccc3c(cnn3C3CCC(C4CCCC4)CC3)c2)cnc(N)c1-c1ccc(O)cc1. The van der Waals surface area contributed by atoms with Crippen molar-refractivity contribution in [1.29, 1.82) is 0 Å². The second-order valence-corrected chi connectivity index (χ2v) is 10.8. The predicted molar refractivity (Wildman–Crippen MR) is 147 cm³/mol. The number of hydrogen-bond donors (Lipinski definition) is 2. The summed E-state index contributed by atoms with van der Waals surface area (Å²) in [4.78, 5) is 4.56. The summed E-state index contributed by atoms with van der Waals surface area (Å²) in [6.45, 7) is 2.15. The van der Waals surface area contributed by atoms with E-state index in [2.05, 4.69) is 34.8 Å². The number of nitrogen functional groups attached to an aromatic ring is 1.